The van der Waals surface area contributed by atoms with Gasteiger partial charge >= 0.3 is 0 Å². The smallest absolute Gasteiger partial charge is 0.0470 e. The summed E-state index contributed by atoms with van der Waals surface area (Å²) in [4.78, 5) is 4.43. The molecule has 1 aliphatic rings. The highest BCUT2D eigenvalue weighted by molar-refractivity contribution is 6.31. The molecule has 3 nitrogen and oxygen atoms in total. The molecule has 17 heavy (non-hydrogen) atoms. The summed E-state index contributed by atoms with van der Waals surface area (Å²) in [6.07, 6.45) is 2.22. The quantitative estimate of drug-likeness (QED) is 0.626. The fraction of sp³-hybridized carbons (Fsp3) is 0.462. The number of hydrogen-bond acceptors (Lipinski definition) is 3. The Hall–Kier alpha value is -1.06. The molecule has 0 amide bonds. The normalized spacial score (nSPS) is 18.4. The number of nitrogens with one attached hydrogen (secondary N) is 1. The van der Waals surface area contributed by atoms with Crippen molar-refractivity contribution in [2.45, 2.75) is 12.8 Å². The lowest BCUT2D eigenvalue weighted by Gasteiger charge is -2.25. The molecule has 0 atom stereocenters. The number of halogens is 1. The summed E-state index contributed by atoms with van der Waals surface area (Å²) < 4.78 is 0. The maximum absolute atomic E-state index is 6.03. The first kappa shape index (κ1) is 12.4. The zero-order valence-electron chi connectivity index (χ0n) is 10.0. The average Bonchev–Trinajstić information content (AvgIpc) is 2.36. The van der Waals surface area contributed by atoms with E-state index in [1.54, 1.807) is 0 Å². The summed E-state index contributed by atoms with van der Waals surface area (Å²) in [5.41, 5.74) is 8.86. The zero-order chi connectivity index (χ0) is 12.3. The van der Waals surface area contributed by atoms with E-state index in [1.165, 1.54) is 0 Å². The third-order valence-corrected chi connectivity index (χ3v) is 3.49. The molecular weight excluding hydrogens is 234 g/mol. The molecule has 0 radical (unpaired) electrons. The summed E-state index contributed by atoms with van der Waals surface area (Å²) >= 11 is 6.03. The second-order valence-electron chi connectivity index (χ2n) is 4.36. The molecule has 0 unspecified atom stereocenters. The lowest BCUT2D eigenvalue weighted by molar-refractivity contribution is 0.457. The van der Waals surface area contributed by atoms with Gasteiger partial charge in [0.2, 0.25) is 0 Å². The third-order valence-electron chi connectivity index (χ3n) is 3.26. The molecule has 1 aromatic carbocycles. The second kappa shape index (κ2) is 5.52. The Labute approximate surface area is 107 Å². The monoisotopic (exact) mass is 251 g/mol. The number of hydrogen-bond donors (Lipinski definition) is 2. The van der Waals surface area contributed by atoms with Crippen LogP contribution in [0, 0.1) is 5.92 Å². The first-order chi connectivity index (χ1) is 8.22. The van der Waals surface area contributed by atoms with E-state index in [9.17, 15) is 0 Å². The van der Waals surface area contributed by atoms with E-state index in [-0.39, 0.29) is 0 Å². The molecule has 1 aliphatic heterocycles. The summed E-state index contributed by atoms with van der Waals surface area (Å²) in [7, 11) is 1.83. The predicted octanol–water partition coefficient (Wildman–Crippen LogP) is 2.34. The number of piperidine rings is 1. The summed E-state index contributed by atoms with van der Waals surface area (Å²) in [6, 6.07) is 5.58. The van der Waals surface area contributed by atoms with Gasteiger partial charge in [0.1, 0.15) is 0 Å². The number of aliphatic imine (C=N–C) groups is 1. The first-order valence-corrected chi connectivity index (χ1v) is 6.33. The summed E-state index contributed by atoms with van der Waals surface area (Å²) in [5, 5.41) is 4.07. The van der Waals surface area contributed by atoms with E-state index < -0.39 is 0 Å². The molecule has 1 heterocycles. The number of benzene rings is 1. The van der Waals surface area contributed by atoms with Crippen LogP contribution in [0.3, 0.4) is 0 Å². The molecular formula is C13H18ClN3. The topological polar surface area (TPSA) is 50.4 Å². The molecule has 0 aliphatic carbocycles. The Bertz CT molecular complexity index is 423. The third kappa shape index (κ3) is 2.79. The van der Waals surface area contributed by atoms with E-state index in [0.717, 1.165) is 42.9 Å². The molecule has 0 aromatic heterocycles. The van der Waals surface area contributed by atoms with Crippen LogP contribution in [-0.4, -0.2) is 25.8 Å². The van der Waals surface area contributed by atoms with Gasteiger partial charge in [-0.1, -0.05) is 11.6 Å². The molecule has 1 fully saturated rings. The van der Waals surface area contributed by atoms with Crippen molar-refractivity contribution in [3.05, 3.63) is 28.8 Å². The van der Waals surface area contributed by atoms with Crippen LogP contribution in [0.4, 0.5) is 5.69 Å². The Morgan fingerprint density at radius 2 is 2.12 bits per heavy atom. The molecule has 0 spiro atoms. The largest absolute Gasteiger partial charge is 0.398 e. The van der Waals surface area contributed by atoms with E-state index in [0.29, 0.717) is 10.9 Å². The van der Waals surface area contributed by atoms with Gasteiger partial charge < -0.3 is 11.1 Å². The van der Waals surface area contributed by atoms with Gasteiger partial charge in [0.25, 0.3) is 0 Å². The Morgan fingerprint density at radius 3 is 2.76 bits per heavy atom. The fourth-order valence-corrected chi connectivity index (χ4v) is 2.54. The lowest BCUT2D eigenvalue weighted by atomic mass is 9.88. The van der Waals surface area contributed by atoms with Crippen LogP contribution in [0.5, 0.6) is 0 Å². The minimum absolute atomic E-state index is 0.488. The van der Waals surface area contributed by atoms with Crippen LogP contribution in [0.15, 0.2) is 23.2 Å². The molecule has 1 saturated heterocycles. The van der Waals surface area contributed by atoms with Crippen LogP contribution in [0.1, 0.15) is 18.4 Å². The molecule has 3 N–H and O–H groups in total. The fourth-order valence-electron chi connectivity index (χ4n) is 2.37. The predicted molar refractivity (Wildman–Crippen MR) is 73.9 cm³/mol. The highest BCUT2D eigenvalue weighted by atomic mass is 35.5. The average molecular weight is 252 g/mol. The van der Waals surface area contributed by atoms with Gasteiger partial charge in [-0.3, -0.25) is 4.99 Å². The number of nitrogens with zero attached hydrogens (tertiary/aromatic N) is 1. The second-order valence-corrected chi connectivity index (χ2v) is 4.80. The lowest BCUT2D eigenvalue weighted by Crippen LogP contribution is -2.32. The van der Waals surface area contributed by atoms with E-state index in [1.807, 2.05) is 25.2 Å². The van der Waals surface area contributed by atoms with Crippen molar-refractivity contribution in [1.29, 1.82) is 0 Å². The zero-order valence-corrected chi connectivity index (χ0v) is 10.8. The van der Waals surface area contributed by atoms with Crippen molar-refractivity contribution in [3.8, 4) is 0 Å². The van der Waals surface area contributed by atoms with Crippen molar-refractivity contribution in [1.82, 2.24) is 5.32 Å². The summed E-state index contributed by atoms with van der Waals surface area (Å²) in [5.74, 6) is 0.488. The summed E-state index contributed by atoms with van der Waals surface area (Å²) in [6.45, 7) is 2.09. The van der Waals surface area contributed by atoms with Gasteiger partial charge in [0.05, 0.1) is 0 Å². The maximum Gasteiger partial charge on any atom is 0.0470 e. The molecule has 0 saturated carbocycles. The van der Waals surface area contributed by atoms with Crippen LogP contribution in [-0.2, 0) is 0 Å². The molecule has 1 aromatic rings. The Balaban J connectivity index is 2.31. The van der Waals surface area contributed by atoms with Gasteiger partial charge in [-0.25, -0.2) is 0 Å². The van der Waals surface area contributed by atoms with Gasteiger partial charge in [-0.05, 0) is 44.1 Å². The van der Waals surface area contributed by atoms with Crippen molar-refractivity contribution in [3.63, 3.8) is 0 Å². The van der Waals surface area contributed by atoms with Gasteiger partial charge in [0.15, 0.2) is 0 Å². The number of rotatable bonds is 2. The van der Waals surface area contributed by atoms with Crippen molar-refractivity contribution in [2.75, 3.05) is 25.9 Å². The Kier molecular flexibility index (Phi) is 4.02. The van der Waals surface area contributed by atoms with Crippen LogP contribution in [0.2, 0.25) is 5.02 Å². The number of nitrogens with two attached hydrogens (primary N) is 1. The van der Waals surface area contributed by atoms with Gasteiger partial charge in [0, 0.05) is 35.0 Å². The van der Waals surface area contributed by atoms with Crippen LogP contribution in [0.25, 0.3) is 0 Å². The van der Waals surface area contributed by atoms with Crippen LogP contribution < -0.4 is 11.1 Å². The van der Waals surface area contributed by atoms with Crippen LogP contribution >= 0.6 is 11.6 Å². The number of nitrogen functional groups attached to an aromatic ring is 1. The highest BCUT2D eigenvalue weighted by Gasteiger charge is 2.21. The van der Waals surface area contributed by atoms with E-state index >= 15 is 0 Å². The highest BCUT2D eigenvalue weighted by Crippen LogP contribution is 2.25. The SMILES string of the molecule is CN=C(c1cc(Cl)ccc1N)C1CCNCC1. The van der Waals surface area contributed by atoms with Gasteiger partial charge in [-0.2, -0.15) is 0 Å². The first-order valence-electron chi connectivity index (χ1n) is 5.95. The Morgan fingerprint density at radius 1 is 1.41 bits per heavy atom. The van der Waals surface area contributed by atoms with Gasteiger partial charge in [-0.15, -0.1) is 0 Å². The van der Waals surface area contributed by atoms with Crippen molar-refractivity contribution >= 4 is 23.0 Å². The maximum atomic E-state index is 6.03. The van der Waals surface area contributed by atoms with E-state index in [2.05, 4.69) is 10.3 Å². The van der Waals surface area contributed by atoms with Crippen molar-refractivity contribution in [2.24, 2.45) is 10.9 Å². The molecule has 4 heteroatoms. The molecule has 2 rings (SSSR count). The molecule has 92 valence electrons. The standard InChI is InChI=1S/C13H18ClN3/c1-16-13(9-4-6-17-7-5-9)11-8-10(14)2-3-12(11)15/h2-3,8-9,17H,4-7,15H2,1H3. The number of anilines is 1. The van der Waals surface area contributed by atoms with Crippen molar-refractivity contribution < 1.29 is 0 Å². The minimum Gasteiger partial charge on any atom is -0.398 e. The van der Waals surface area contributed by atoms with E-state index in [4.69, 9.17) is 17.3 Å². The minimum atomic E-state index is 0.488. The molecule has 0 bridgehead atoms.